The average Bonchev–Trinajstić information content (AvgIpc) is 2.76. The average molecular weight is 432 g/mol. The molecule has 0 aromatic heterocycles. The number of methoxy groups -OCH3 is 1. The van der Waals surface area contributed by atoms with Crippen LogP contribution in [0.2, 0.25) is 0 Å². The molecule has 0 bridgehead atoms. The van der Waals surface area contributed by atoms with E-state index in [1.54, 1.807) is 18.2 Å². The van der Waals surface area contributed by atoms with Crippen LogP contribution >= 0.6 is 0 Å². The molecule has 31 heavy (non-hydrogen) atoms. The number of carbonyl (C=O) groups is 3. The molecular formula is C22H25FN2O6. The second-order valence-electron chi connectivity index (χ2n) is 6.78. The second kappa shape index (κ2) is 12.3. The highest BCUT2D eigenvalue weighted by molar-refractivity contribution is 5.84. The van der Waals surface area contributed by atoms with E-state index in [9.17, 15) is 23.9 Å². The molecule has 0 aliphatic rings. The van der Waals surface area contributed by atoms with Gasteiger partial charge in [0.05, 0.1) is 19.6 Å². The van der Waals surface area contributed by atoms with Crippen LogP contribution in [0.4, 0.5) is 9.18 Å². The molecule has 2 aromatic rings. The summed E-state index contributed by atoms with van der Waals surface area (Å²) in [4.78, 5) is 35.9. The molecule has 0 heterocycles. The van der Waals surface area contributed by atoms with Crippen LogP contribution in [-0.2, 0) is 32.1 Å². The van der Waals surface area contributed by atoms with Gasteiger partial charge in [-0.1, -0.05) is 42.5 Å². The standard InChI is InChI=1S/C22H25FN2O6/c1-30-21(28)19(11-16-8-5-9-17(23)10-16)25-20(27)12-18(26)13-24-22(29)31-14-15-6-3-2-4-7-15/h2-10,18-19,26H,11-14H2,1H3,(H,24,29)(H,25,27)/t18-,19-/m0/s1. The first-order valence-electron chi connectivity index (χ1n) is 9.61. The first-order chi connectivity index (χ1) is 14.9. The van der Waals surface area contributed by atoms with Gasteiger partial charge in [0.2, 0.25) is 5.91 Å². The molecule has 0 fully saturated rings. The Morgan fingerprint density at radius 3 is 2.45 bits per heavy atom. The van der Waals surface area contributed by atoms with Crippen LogP contribution in [0.25, 0.3) is 0 Å². The highest BCUT2D eigenvalue weighted by atomic mass is 19.1. The predicted octanol–water partition coefficient (Wildman–Crippen LogP) is 1.70. The summed E-state index contributed by atoms with van der Waals surface area (Å²) in [6.07, 6.45) is -2.27. The Balaban J connectivity index is 1.77. The van der Waals surface area contributed by atoms with Gasteiger partial charge in [0, 0.05) is 13.0 Å². The Hall–Kier alpha value is -3.46. The zero-order valence-corrected chi connectivity index (χ0v) is 17.0. The molecule has 0 aliphatic carbocycles. The van der Waals surface area contributed by atoms with E-state index in [0.717, 1.165) is 5.56 Å². The van der Waals surface area contributed by atoms with Crippen LogP contribution in [0.3, 0.4) is 0 Å². The summed E-state index contributed by atoms with van der Waals surface area (Å²) >= 11 is 0. The summed E-state index contributed by atoms with van der Waals surface area (Å²) in [7, 11) is 1.17. The number of benzene rings is 2. The number of halogens is 1. The fourth-order valence-electron chi connectivity index (χ4n) is 2.75. The summed E-state index contributed by atoms with van der Waals surface area (Å²) in [5.74, 6) is -1.79. The lowest BCUT2D eigenvalue weighted by Crippen LogP contribution is -2.45. The van der Waals surface area contributed by atoms with E-state index in [1.807, 2.05) is 18.2 Å². The highest BCUT2D eigenvalue weighted by Gasteiger charge is 2.23. The molecule has 2 atom stereocenters. The minimum atomic E-state index is -1.20. The smallest absolute Gasteiger partial charge is 0.407 e. The van der Waals surface area contributed by atoms with Crippen molar-refractivity contribution in [1.29, 1.82) is 0 Å². The number of nitrogens with one attached hydrogen (secondary N) is 2. The van der Waals surface area contributed by atoms with Gasteiger partial charge in [0.1, 0.15) is 18.5 Å². The van der Waals surface area contributed by atoms with Gasteiger partial charge >= 0.3 is 12.1 Å². The van der Waals surface area contributed by atoms with Crippen molar-refractivity contribution in [3.63, 3.8) is 0 Å². The van der Waals surface area contributed by atoms with Crippen molar-refractivity contribution in [3.05, 3.63) is 71.5 Å². The molecular weight excluding hydrogens is 407 g/mol. The molecule has 3 N–H and O–H groups in total. The van der Waals surface area contributed by atoms with Gasteiger partial charge in [-0.15, -0.1) is 0 Å². The van der Waals surface area contributed by atoms with Gasteiger partial charge in [-0.25, -0.2) is 14.0 Å². The monoisotopic (exact) mass is 432 g/mol. The van der Waals surface area contributed by atoms with Crippen LogP contribution in [-0.4, -0.2) is 48.9 Å². The van der Waals surface area contributed by atoms with Crippen LogP contribution in [0.15, 0.2) is 54.6 Å². The van der Waals surface area contributed by atoms with Crippen molar-refractivity contribution in [1.82, 2.24) is 10.6 Å². The highest BCUT2D eigenvalue weighted by Crippen LogP contribution is 2.08. The Kier molecular flexibility index (Phi) is 9.44. The molecule has 8 nitrogen and oxygen atoms in total. The van der Waals surface area contributed by atoms with Gasteiger partial charge in [-0.05, 0) is 23.3 Å². The molecule has 0 saturated carbocycles. The zero-order chi connectivity index (χ0) is 22.6. The molecule has 9 heteroatoms. The van der Waals surface area contributed by atoms with Crippen molar-refractivity contribution in [3.8, 4) is 0 Å². The fourth-order valence-corrected chi connectivity index (χ4v) is 2.75. The Morgan fingerprint density at radius 1 is 1.06 bits per heavy atom. The lowest BCUT2D eigenvalue weighted by atomic mass is 10.1. The Labute approximate surface area is 179 Å². The van der Waals surface area contributed by atoms with E-state index in [4.69, 9.17) is 4.74 Å². The number of hydrogen-bond donors (Lipinski definition) is 3. The number of alkyl carbamates (subject to hydrolysis) is 1. The third-order valence-electron chi connectivity index (χ3n) is 4.27. The van der Waals surface area contributed by atoms with Crippen molar-refractivity contribution in [2.24, 2.45) is 0 Å². The number of aliphatic hydroxyl groups excluding tert-OH is 1. The summed E-state index contributed by atoms with van der Waals surface area (Å²) in [6, 6.07) is 13.7. The fraction of sp³-hybridized carbons (Fsp3) is 0.318. The Bertz CT molecular complexity index is 877. The summed E-state index contributed by atoms with van der Waals surface area (Å²) in [6.45, 7) is -0.141. The van der Waals surface area contributed by atoms with Crippen LogP contribution < -0.4 is 10.6 Å². The van der Waals surface area contributed by atoms with Crippen LogP contribution in [0.1, 0.15) is 17.5 Å². The molecule has 0 radical (unpaired) electrons. The first-order valence-corrected chi connectivity index (χ1v) is 9.61. The summed E-state index contributed by atoms with van der Waals surface area (Å²) < 4.78 is 23.1. The van der Waals surface area contributed by atoms with E-state index >= 15 is 0 Å². The predicted molar refractivity (Wildman–Crippen MR) is 109 cm³/mol. The third kappa shape index (κ3) is 8.83. The lowest BCUT2D eigenvalue weighted by molar-refractivity contribution is -0.145. The summed E-state index contributed by atoms with van der Waals surface area (Å²) in [5.41, 5.74) is 1.31. The SMILES string of the molecule is COC(=O)[C@H](Cc1cccc(F)c1)NC(=O)C[C@H](O)CNC(=O)OCc1ccccc1. The van der Waals surface area contributed by atoms with Crippen molar-refractivity contribution >= 4 is 18.0 Å². The minimum Gasteiger partial charge on any atom is -0.467 e. The van der Waals surface area contributed by atoms with Crippen LogP contribution in [0, 0.1) is 5.82 Å². The quantitative estimate of drug-likeness (QED) is 0.493. The second-order valence-corrected chi connectivity index (χ2v) is 6.78. The topological polar surface area (TPSA) is 114 Å². The van der Waals surface area contributed by atoms with E-state index in [0.29, 0.717) is 5.56 Å². The minimum absolute atomic E-state index is 0.0241. The number of rotatable bonds is 10. The normalized spacial score (nSPS) is 12.4. The maximum Gasteiger partial charge on any atom is 0.407 e. The van der Waals surface area contributed by atoms with E-state index in [-0.39, 0.29) is 26.0 Å². The molecule has 0 unspecified atom stereocenters. The zero-order valence-electron chi connectivity index (χ0n) is 17.0. The van der Waals surface area contributed by atoms with Crippen LogP contribution in [0.5, 0.6) is 0 Å². The van der Waals surface area contributed by atoms with Gasteiger partial charge in [-0.3, -0.25) is 4.79 Å². The number of esters is 1. The Morgan fingerprint density at radius 2 is 1.77 bits per heavy atom. The molecule has 0 saturated heterocycles. The van der Waals surface area contributed by atoms with Crippen molar-refractivity contribution in [2.45, 2.75) is 31.6 Å². The summed E-state index contributed by atoms with van der Waals surface area (Å²) in [5, 5.41) is 14.8. The van der Waals surface area contributed by atoms with Gasteiger partial charge in [-0.2, -0.15) is 0 Å². The number of amides is 2. The maximum absolute atomic E-state index is 13.4. The van der Waals surface area contributed by atoms with E-state index < -0.39 is 35.9 Å². The molecule has 0 aliphatic heterocycles. The maximum atomic E-state index is 13.4. The van der Waals surface area contributed by atoms with E-state index in [1.165, 1.54) is 25.3 Å². The number of hydrogen-bond acceptors (Lipinski definition) is 6. The van der Waals surface area contributed by atoms with Gasteiger partial charge < -0.3 is 25.2 Å². The largest absolute Gasteiger partial charge is 0.467 e. The third-order valence-corrected chi connectivity index (χ3v) is 4.27. The van der Waals surface area contributed by atoms with Crippen molar-refractivity contribution in [2.75, 3.05) is 13.7 Å². The van der Waals surface area contributed by atoms with Crippen molar-refractivity contribution < 1.29 is 33.4 Å². The molecule has 2 aromatic carbocycles. The van der Waals surface area contributed by atoms with Gasteiger partial charge in [0.25, 0.3) is 0 Å². The first kappa shape index (κ1) is 23.8. The van der Waals surface area contributed by atoms with Gasteiger partial charge in [0.15, 0.2) is 0 Å². The molecule has 2 rings (SSSR count). The lowest BCUT2D eigenvalue weighted by Gasteiger charge is -2.18. The molecule has 166 valence electrons. The van der Waals surface area contributed by atoms with E-state index in [2.05, 4.69) is 15.4 Å². The number of ether oxygens (including phenoxy) is 2. The molecule has 2 amide bonds. The molecule has 0 spiro atoms. The number of carbonyl (C=O) groups excluding carboxylic acids is 3. The number of aliphatic hydroxyl groups is 1.